The average molecular weight is 175 g/mol. The van der Waals surface area contributed by atoms with Gasteiger partial charge in [0, 0.05) is 13.2 Å². The van der Waals surface area contributed by atoms with Crippen molar-refractivity contribution in [1.29, 1.82) is 0 Å². The standard InChI is InChI=1S/C8H17NO3/c1-8(2,7(10)11)4-6(9)5-12-3/h6H,4-5,9H2,1-3H3,(H,10,11)/t6-/m0/s1. The first-order valence-corrected chi connectivity index (χ1v) is 3.88. The first-order chi connectivity index (χ1) is 5.40. The molecule has 0 saturated heterocycles. The number of carbonyl (C=O) groups is 1. The Kier molecular flexibility index (Phi) is 4.20. The van der Waals surface area contributed by atoms with E-state index < -0.39 is 11.4 Å². The van der Waals surface area contributed by atoms with Crippen LogP contribution in [0.1, 0.15) is 20.3 Å². The minimum absolute atomic E-state index is 0.207. The normalized spacial score (nSPS) is 14.3. The third-order valence-corrected chi connectivity index (χ3v) is 1.73. The Labute approximate surface area is 72.7 Å². The molecule has 0 heterocycles. The number of aliphatic carboxylic acids is 1. The number of methoxy groups -OCH3 is 1. The minimum Gasteiger partial charge on any atom is -0.481 e. The number of nitrogens with two attached hydrogens (primary N) is 1. The number of carboxylic acid groups (broad SMARTS) is 1. The molecular formula is C8H17NO3. The van der Waals surface area contributed by atoms with E-state index in [1.807, 2.05) is 0 Å². The summed E-state index contributed by atoms with van der Waals surface area (Å²) < 4.78 is 4.81. The highest BCUT2D eigenvalue weighted by molar-refractivity contribution is 5.73. The second-order valence-corrected chi connectivity index (χ2v) is 3.61. The van der Waals surface area contributed by atoms with Crippen molar-refractivity contribution in [3.63, 3.8) is 0 Å². The molecule has 0 aliphatic rings. The van der Waals surface area contributed by atoms with Gasteiger partial charge in [-0.2, -0.15) is 0 Å². The second kappa shape index (κ2) is 4.42. The molecule has 0 unspecified atom stereocenters. The molecule has 0 aromatic heterocycles. The van der Waals surface area contributed by atoms with Gasteiger partial charge in [0.1, 0.15) is 0 Å². The first-order valence-electron chi connectivity index (χ1n) is 3.88. The van der Waals surface area contributed by atoms with Gasteiger partial charge in [0.25, 0.3) is 0 Å². The lowest BCUT2D eigenvalue weighted by Gasteiger charge is -2.22. The van der Waals surface area contributed by atoms with Gasteiger partial charge in [-0.3, -0.25) is 4.79 Å². The molecule has 72 valence electrons. The van der Waals surface area contributed by atoms with Crippen LogP contribution < -0.4 is 5.73 Å². The molecule has 0 fully saturated rings. The van der Waals surface area contributed by atoms with Crippen molar-refractivity contribution in [2.24, 2.45) is 11.1 Å². The summed E-state index contributed by atoms with van der Waals surface area (Å²) in [5.74, 6) is -0.825. The fourth-order valence-corrected chi connectivity index (χ4v) is 1.02. The summed E-state index contributed by atoms with van der Waals surface area (Å²) in [4.78, 5) is 10.7. The van der Waals surface area contributed by atoms with E-state index in [1.165, 1.54) is 0 Å². The summed E-state index contributed by atoms with van der Waals surface area (Å²) >= 11 is 0. The molecule has 4 heteroatoms. The summed E-state index contributed by atoms with van der Waals surface area (Å²) in [5, 5.41) is 8.76. The van der Waals surface area contributed by atoms with Crippen molar-refractivity contribution in [1.82, 2.24) is 0 Å². The predicted molar refractivity (Wildman–Crippen MR) is 45.9 cm³/mol. The van der Waals surface area contributed by atoms with Crippen molar-refractivity contribution in [2.45, 2.75) is 26.3 Å². The number of hydrogen-bond acceptors (Lipinski definition) is 3. The van der Waals surface area contributed by atoms with Crippen LogP contribution >= 0.6 is 0 Å². The molecule has 0 radical (unpaired) electrons. The number of hydrogen-bond donors (Lipinski definition) is 2. The second-order valence-electron chi connectivity index (χ2n) is 3.61. The zero-order chi connectivity index (χ0) is 9.78. The van der Waals surface area contributed by atoms with Gasteiger partial charge in [-0.1, -0.05) is 0 Å². The van der Waals surface area contributed by atoms with Crippen molar-refractivity contribution in [3.8, 4) is 0 Å². The summed E-state index contributed by atoms with van der Waals surface area (Å²) in [6, 6.07) is -0.207. The minimum atomic E-state index is -0.825. The largest absolute Gasteiger partial charge is 0.481 e. The molecule has 0 aromatic rings. The van der Waals surface area contributed by atoms with E-state index in [4.69, 9.17) is 15.6 Å². The lowest BCUT2D eigenvalue weighted by molar-refractivity contribution is -0.147. The Morgan fingerprint density at radius 2 is 2.17 bits per heavy atom. The molecular weight excluding hydrogens is 158 g/mol. The van der Waals surface area contributed by atoms with Crippen LogP contribution in [0.5, 0.6) is 0 Å². The molecule has 0 spiro atoms. The van der Waals surface area contributed by atoms with E-state index in [0.717, 1.165) is 0 Å². The van der Waals surface area contributed by atoms with E-state index in [9.17, 15) is 4.79 Å². The van der Waals surface area contributed by atoms with Crippen LogP contribution in [0.25, 0.3) is 0 Å². The Balaban J connectivity index is 3.96. The van der Waals surface area contributed by atoms with Gasteiger partial charge in [0.15, 0.2) is 0 Å². The van der Waals surface area contributed by atoms with Gasteiger partial charge in [0.2, 0.25) is 0 Å². The van der Waals surface area contributed by atoms with Crippen molar-refractivity contribution >= 4 is 5.97 Å². The van der Waals surface area contributed by atoms with Crippen LogP contribution in [-0.2, 0) is 9.53 Å². The van der Waals surface area contributed by atoms with E-state index in [2.05, 4.69) is 0 Å². The van der Waals surface area contributed by atoms with Gasteiger partial charge < -0.3 is 15.6 Å². The smallest absolute Gasteiger partial charge is 0.309 e. The summed E-state index contributed by atoms with van der Waals surface area (Å²) in [7, 11) is 1.55. The van der Waals surface area contributed by atoms with Crippen molar-refractivity contribution in [2.75, 3.05) is 13.7 Å². The predicted octanol–water partition coefficient (Wildman–Crippen LogP) is 0.461. The van der Waals surface area contributed by atoms with Crippen LogP contribution in [0.15, 0.2) is 0 Å². The lowest BCUT2D eigenvalue weighted by atomic mass is 9.86. The zero-order valence-electron chi connectivity index (χ0n) is 7.83. The number of rotatable bonds is 5. The molecule has 3 N–H and O–H groups in total. The van der Waals surface area contributed by atoms with E-state index >= 15 is 0 Å². The molecule has 12 heavy (non-hydrogen) atoms. The molecule has 1 atom stereocenters. The summed E-state index contributed by atoms with van der Waals surface area (Å²) in [5.41, 5.74) is 4.85. The monoisotopic (exact) mass is 175 g/mol. The van der Waals surface area contributed by atoms with Crippen LogP contribution in [-0.4, -0.2) is 30.8 Å². The maximum absolute atomic E-state index is 10.7. The summed E-state index contributed by atoms with van der Waals surface area (Å²) in [6.07, 6.45) is 0.427. The fraction of sp³-hybridized carbons (Fsp3) is 0.875. The lowest BCUT2D eigenvalue weighted by Crippen LogP contribution is -2.35. The Bertz CT molecular complexity index is 156. The average Bonchev–Trinajstić information content (AvgIpc) is 1.85. The Morgan fingerprint density at radius 3 is 2.50 bits per heavy atom. The molecule has 0 bridgehead atoms. The van der Waals surface area contributed by atoms with Crippen molar-refractivity contribution in [3.05, 3.63) is 0 Å². The van der Waals surface area contributed by atoms with Gasteiger partial charge in [-0.25, -0.2) is 0 Å². The Morgan fingerprint density at radius 1 is 1.67 bits per heavy atom. The highest BCUT2D eigenvalue weighted by atomic mass is 16.5. The third kappa shape index (κ3) is 3.69. The van der Waals surface area contributed by atoms with Gasteiger partial charge in [-0.15, -0.1) is 0 Å². The molecule has 0 aliphatic carbocycles. The van der Waals surface area contributed by atoms with E-state index in [1.54, 1.807) is 21.0 Å². The quantitative estimate of drug-likeness (QED) is 0.636. The Hall–Kier alpha value is -0.610. The van der Waals surface area contributed by atoms with Crippen LogP contribution in [0, 0.1) is 5.41 Å². The highest BCUT2D eigenvalue weighted by Gasteiger charge is 2.29. The number of carboxylic acids is 1. The molecule has 0 amide bonds. The third-order valence-electron chi connectivity index (χ3n) is 1.73. The molecule has 0 rings (SSSR count). The summed E-state index contributed by atoms with van der Waals surface area (Å²) in [6.45, 7) is 3.71. The SMILES string of the molecule is COC[C@@H](N)CC(C)(C)C(=O)O. The molecule has 4 nitrogen and oxygen atoms in total. The number of ether oxygens (including phenoxy) is 1. The van der Waals surface area contributed by atoms with Gasteiger partial charge in [0.05, 0.1) is 12.0 Å². The van der Waals surface area contributed by atoms with Crippen LogP contribution in [0.3, 0.4) is 0 Å². The maximum Gasteiger partial charge on any atom is 0.309 e. The molecule has 0 aliphatic heterocycles. The zero-order valence-corrected chi connectivity index (χ0v) is 7.83. The fourth-order valence-electron chi connectivity index (χ4n) is 1.02. The van der Waals surface area contributed by atoms with Crippen molar-refractivity contribution < 1.29 is 14.6 Å². The highest BCUT2D eigenvalue weighted by Crippen LogP contribution is 2.21. The van der Waals surface area contributed by atoms with Crippen LogP contribution in [0.2, 0.25) is 0 Å². The molecule has 0 aromatic carbocycles. The van der Waals surface area contributed by atoms with E-state index in [-0.39, 0.29) is 6.04 Å². The maximum atomic E-state index is 10.7. The topological polar surface area (TPSA) is 72.5 Å². The van der Waals surface area contributed by atoms with Gasteiger partial charge >= 0.3 is 5.97 Å². The van der Waals surface area contributed by atoms with Gasteiger partial charge in [-0.05, 0) is 20.3 Å². The van der Waals surface area contributed by atoms with Crippen LogP contribution in [0.4, 0.5) is 0 Å². The molecule has 0 saturated carbocycles. The first kappa shape index (κ1) is 11.4. The van der Waals surface area contributed by atoms with E-state index in [0.29, 0.717) is 13.0 Å².